The van der Waals surface area contributed by atoms with E-state index in [0.717, 1.165) is 12.1 Å². The van der Waals surface area contributed by atoms with Crippen LogP contribution in [0.15, 0.2) is 24.3 Å². The van der Waals surface area contributed by atoms with E-state index in [1.165, 1.54) is 12.1 Å². The van der Waals surface area contributed by atoms with Gasteiger partial charge in [-0.05, 0) is 12.1 Å². The Balaban J connectivity index is 2.33. The predicted molar refractivity (Wildman–Crippen MR) is 71.8 cm³/mol. The highest BCUT2D eigenvalue weighted by atomic mass is 35.5. The van der Waals surface area contributed by atoms with Crippen molar-refractivity contribution in [3.05, 3.63) is 50.2 Å². The first-order chi connectivity index (χ1) is 9.38. The first kappa shape index (κ1) is 14.3. The van der Waals surface area contributed by atoms with Gasteiger partial charge in [0.25, 0.3) is 0 Å². The second kappa shape index (κ2) is 5.48. The maximum Gasteiger partial charge on any atom is 0.305 e. The molecule has 0 saturated heterocycles. The largest absolute Gasteiger partial charge is 0.437 e. The number of ether oxygens (including phenoxy) is 1. The van der Waals surface area contributed by atoms with Crippen molar-refractivity contribution < 1.29 is 14.1 Å². The molecule has 0 spiro atoms. The van der Waals surface area contributed by atoms with E-state index in [1.807, 2.05) is 0 Å². The Kier molecular flexibility index (Phi) is 3.91. The van der Waals surface area contributed by atoms with Crippen LogP contribution in [0.3, 0.4) is 0 Å². The van der Waals surface area contributed by atoms with Crippen molar-refractivity contribution in [1.82, 2.24) is 4.98 Å². The molecular weight excluding hydrogens is 312 g/mol. The molecule has 9 heteroatoms. The molecule has 0 amide bonds. The van der Waals surface area contributed by atoms with Gasteiger partial charge in [-0.15, -0.1) is 0 Å². The molecule has 1 aromatic heterocycles. The fourth-order valence-electron chi connectivity index (χ4n) is 1.35. The number of anilines is 1. The highest BCUT2D eigenvalue weighted by Gasteiger charge is 2.16. The van der Waals surface area contributed by atoms with Gasteiger partial charge >= 0.3 is 5.69 Å². The summed E-state index contributed by atoms with van der Waals surface area (Å²) in [5, 5.41) is 10.7. The molecular formula is C11H6Cl2FN3O3. The Morgan fingerprint density at radius 1 is 1.30 bits per heavy atom. The molecule has 0 aliphatic carbocycles. The van der Waals surface area contributed by atoms with Crippen molar-refractivity contribution in [2.45, 2.75) is 0 Å². The number of nitro groups is 1. The van der Waals surface area contributed by atoms with E-state index in [-0.39, 0.29) is 27.5 Å². The van der Waals surface area contributed by atoms with Crippen LogP contribution in [0, 0.1) is 15.9 Å². The van der Waals surface area contributed by atoms with E-state index in [9.17, 15) is 14.5 Å². The molecule has 2 rings (SSSR count). The molecule has 0 atom stereocenters. The molecule has 0 fully saturated rings. The minimum absolute atomic E-state index is 0.00606. The lowest BCUT2D eigenvalue weighted by atomic mass is 10.3. The fraction of sp³-hybridized carbons (Fsp3) is 0. The van der Waals surface area contributed by atoms with E-state index in [2.05, 4.69) is 4.98 Å². The third kappa shape index (κ3) is 2.89. The van der Waals surface area contributed by atoms with Crippen molar-refractivity contribution in [3.63, 3.8) is 0 Å². The van der Waals surface area contributed by atoms with Crippen LogP contribution >= 0.6 is 23.2 Å². The van der Waals surface area contributed by atoms with Crippen molar-refractivity contribution >= 4 is 34.7 Å². The number of halogens is 3. The molecule has 2 aromatic rings. The average molecular weight is 318 g/mol. The van der Waals surface area contributed by atoms with Crippen LogP contribution in [-0.4, -0.2) is 9.91 Å². The van der Waals surface area contributed by atoms with Crippen molar-refractivity contribution in [2.24, 2.45) is 0 Å². The smallest absolute Gasteiger partial charge is 0.305 e. The van der Waals surface area contributed by atoms with Crippen LogP contribution in [0.4, 0.5) is 15.9 Å². The summed E-state index contributed by atoms with van der Waals surface area (Å²) >= 11 is 11.6. The van der Waals surface area contributed by atoms with E-state index < -0.39 is 16.4 Å². The number of rotatable bonds is 3. The zero-order valence-electron chi connectivity index (χ0n) is 9.64. The topological polar surface area (TPSA) is 91.3 Å². The van der Waals surface area contributed by atoms with Gasteiger partial charge in [0.15, 0.2) is 0 Å². The van der Waals surface area contributed by atoms with Gasteiger partial charge in [-0.25, -0.2) is 0 Å². The molecule has 104 valence electrons. The number of hydrogen-bond acceptors (Lipinski definition) is 5. The normalized spacial score (nSPS) is 10.3. The lowest BCUT2D eigenvalue weighted by molar-refractivity contribution is -0.387. The van der Waals surface area contributed by atoms with Gasteiger partial charge in [0, 0.05) is 12.1 Å². The monoisotopic (exact) mass is 317 g/mol. The number of benzene rings is 1. The van der Waals surface area contributed by atoms with Crippen molar-refractivity contribution in [1.29, 1.82) is 0 Å². The molecule has 2 N–H and O–H groups in total. The van der Waals surface area contributed by atoms with Crippen LogP contribution < -0.4 is 10.5 Å². The van der Waals surface area contributed by atoms with Crippen LogP contribution in [0.5, 0.6) is 11.6 Å². The molecule has 20 heavy (non-hydrogen) atoms. The standard InChI is InChI=1S/C11H6Cl2FN3O3/c12-6-4-7(13)11(16-10(6)15)20-5-1-2-9(17(18)19)8(14)3-5/h1-4H,(H2,15,16). The second-order valence-electron chi connectivity index (χ2n) is 3.61. The highest BCUT2D eigenvalue weighted by Crippen LogP contribution is 2.33. The third-order valence-corrected chi connectivity index (χ3v) is 2.83. The number of nitrogens with two attached hydrogens (primary N) is 1. The Hall–Kier alpha value is -2.12. The minimum atomic E-state index is -1.04. The molecule has 6 nitrogen and oxygen atoms in total. The Labute approximate surface area is 122 Å². The summed E-state index contributed by atoms with van der Waals surface area (Å²) in [6.07, 6.45) is 0. The number of pyridine rings is 1. The van der Waals surface area contributed by atoms with E-state index >= 15 is 0 Å². The first-order valence-electron chi connectivity index (χ1n) is 5.12. The van der Waals surface area contributed by atoms with E-state index in [0.29, 0.717) is 0 Å². The fourth-order valence-corrected chi connectivity index (χ4v) is 1.74. The molecule has 0 saturated carbocycles. The summed E-state index contributed by atoms with van der Waals surface area (Å²) in [6, 6.07) is 4.35. The summed E-state index contributed by atoms with van der Waals surface area (Å²) in [5.74, 6) is -1.13. The third-order valence-electron chi connectivity index (χ3n) is 2.25. The lowest BCUT2D eigenvalue weighted by Crippen LogP contribution is -1.97. The van der Waals surface area contributed by atoms with Crippen LogP contribution in [0.1, 0.15) is 0 Å². The summed E-state index contributed by atoms with van der Waals surface area (Å²) in [7, 11) is 0. The summed E-state index contributed by atoms with van der Waals surface area (Å²) in [6.45, 7) is 0. The van der Waals surface area contributed by atoms with Gasteiger partial charge in [0.2, 0.25) is 11.7 Å². The second-order valence-corrected chi connectivity index (χ2v) is 4.43. The minimum Gasteiger partial charge on any atom is -0.437 e. The van der Waals surface area contributed by atoms with E-state index in [4.69, 9.17) is 33.7 Å². The SMILES string of the molecule is Nc1nc(Oc2ccc([N+](=O)[O-])c(F)c2)c(Cl)cc1Cl. The van der Waals surface area contributed by atoms with Gasteiger partial charge in [0.05, 0.1) is 9.95 Å². The van der Waals surface area contributed by atoms with Crippen molar-refractivity contribution in [3.8, 4) is 11.6 Å². The zero-order valence-corrected chi connectivity index (χ0v) is 11.2. The Morgan fingerprint density at radius 3 is 2.60 bits per heavy atom. The Morgan fingerprint density at radius 2 is 2.00 bits per heavy atom. The van der Waals surface area contributed by atoms with Crippen molar-refractivity contribution in [2.75, 3.05) is 5.73 Å². The van der Waals surface area contributed by atoms with Crippen LogP contribution in [-0.2, 0) is 0 Å². The summed E-state index contributed by atoms with van der Waals surface area (Å²) in [5.41, 5.74) is 4.83. The van der Waals surface area contributed by atoms with Gasteiger partial charge < -0.3 is 10.5 Å². The van der Waals surface area contributed by atoms with Gasteiger partial charge in [-0.1, -0.05) is 23.2 Å². The number of nitro benzene ring substituents is 1. The maximum atomic E-state index is 13.4. The number of nitrogen functional groups attached to an aromatic ring is 1. The van der Waals surface area contributed by atoms with Gasteiger partial charge in [-0.3, -0.25) is 10.1 Å². The lowest BCUT2D eigenvalue weighted by Gasteiger charge is -2.08. The van der Waals surface area contributed by atoms with Gasteiger partial charge in [0.1, 0.15) is 16.6 Å². The van der Waals surface area contributed by atoms with Crippen LogP contribution in [0.2, 0.25) is 10.0 Å². The Bertz CT molecular complexity index is 697. The maximum absolute atomic E-state index is 13.4. The number of nitrogens with zero attached hydrogens (tertiary/aromatic N) is 2. The molecule has 0 bridgehead atoms. The number of aromatic nitrogens is 1. The molecule has 0 radical (unpaired) electrons. The quantitative estimate of drug-likeness (QED) is 0.686. The first-order valence-corrected chi connectivity index (χ1v) is 5.87. The molecule has 0 unspecified atom stereocenters. The highest BCUT2D eigenvalue weighted by molar-refractivity contribution is 6.36. The molecule has 1 heterocycles. The van der Waals surface area contributed by atoms with Gasteiger partial charge in [-0.2, -0.15) is 9.37 Å². The van der Waals surface area contributed by atoms with Crippen LogP contribution in [0.25, 0.3) is 0 Å². The average Bonchev–Trinajstić information content (AvgIpc) is 2.35. The van der Waals surface area contributed by atoms with E-state index in [1.54, 1.807) is 0 Å². The molecule has 0 aliphatic heterocycles. The number of hydrogen-bond donors (Lipinski definition) is 1. The molecule has 0 aliphatic rings. The predicted octanol–water partition coefficient (Wildman–Crippen LogP) is 3.81. The molecule has 1 aromatic carbocycles. The summed E-state index contributed by atoms with van der Waals surface area (Å²) in [4.78, 5) is 13.4. The summed E-state index contributed by atoms with van der Waals surface area (Å²) < 4.78 is 18.6. The zero-order chi connectivity index (χ0) is 14.9.